The predicted molar refractivity (Wildman–Crippen MR) is 153 cm³/mol. The number of hydrogen-bond donors (Lipinski definition) is 0. The molecule has 5 nitrogen and oxygen atoms in total. The quantitative estimate of drug-likeness (QED) is 0.217. The summed E-state index contributed by atoms with van der Waals surface area (Å²) in [7, 11) is 0. The van der Waals surface area contributed by atoms with Gasteiger partial charge in [-0.25, -0.2) is 4.39 Å². The van der Waals surface area contributed by atoms with Gasteiger partial charge in [0.05, 0.1) is 6.54 Å². The minimum absolute atomic E-state index is 0.00765. The number of hydrogen-bond acceptors (Lipinski definition) is 2. The number of benzene rings is 3. The van der Waals surface area contributed by atoms with Crippen LogP contribution in [-0.2, 0) is 30.8 Å². The van der Waals surface area contributed by atoms with Crippen molar-refractivity contribution in [3.05, 3.63) is 131 Å². The maximum Gasteiger partial charge on any atom is 0.254 e. The minimum Gasteiger partial charge on any atom is -0.345 e. The Morgan fingerprint density at radius 1 is 0.744 bits per heavy atom. The lowest BCUT2D eigenvalue weighted by atomic mass is 10.1. The second-order valence-electron chi connectivity index (χ2n) is 9.77. The first kappa shape index (κ1) is 27.8. The molecule has 0 unspecified atom stereocenters. The van der Waals surface area contributed by atoms with E-state index >= 15 is 0 Å². The van der Waals surface area contributed by atoms with E-state index in [1.165, 1.54) is 17.7 Å². The zero-order valence-corrected chi connectivity index (χ0v) is 22.7. The van der Waals surface area contributed by atoms with E-state index in [2.05, 4.69) is 11.5 Å². The van der Waals surface area contributed by atoms with E-state index in [0.29, 0.717) is 31.7 Å². The zero-order chi connectivity index (χ0) is 27.6. The second kappa shape index (κ2) is 13.6. The minimum atomic E-state index is -0.265. The number of nitrogens with zero attached hydrogens (tertiary/aromatic N) is 3. The molecule has 6 heteroatoms. The van der Waals surface area contributed by atoms with Gasteiger partial charge in [0.1, 0.15) is 12.4 Å². The molecule has 1 heterocycles. The van der Waals surface area contributed by atoms with Crippen molar-refractivity contribution in [2.75, 3.05) is 13.1 Å². The van der Waals surface area contributed by atoms with Crippen molar-refractivity contribution in [3.8, 4) is 0 Å². The Morgan fingerprint density at radius 3 is 2.10 bits per heavy atom. The lowest BCUT2D eigenvalue weighted by Crippen LogP contribution is -2.43. The van der Waals surface area contributed by atoms with Gasteiger partial charge in [-0.15, -0.1) is 0 Å². The fraction of sp³-hybridized carbons (Fsp3) is 0.273. The predicted octanol–water partition coefficient (Wildman–Crippen LogP) is 6.32. The van der Waals surface area contributed by atoms with Crippen LogP contribution in [0.2, 0.25) is 0 Å². The van der Waals surface area contributed by atoms with Crippen molar-refractivity contribution < 1.29 is 14.0 Å². The monoisotopic (exact) mass is 525 g/mol. The van der Waals surface area contributed by atoms with Crippen LogP contribution in [-0.4, -0.2) is 39.3 Å². The number of rotatable bonds is 12. The summed E-state index contributed by atoms with van der Waals surface area (Å²) in [5.41, 5.74) is 4.72. The summed E-state index contributed by atoms with van der Waals surface area (Å²) >= 11 is 0. The van der Waals surface area contributed by atoms with E-state index in [9.17, 15) is 14.0 Å². The van der Waals surface area contributed by atoms with Crippen LogP contribution in [0.25, 0.3) is 0 Å². The number of aromatic nitrogens is 1. The molecule has 0 aliphatic heterocycles. The van der Waals surface area contributed by atoms with Crippen molar-refractivity contribution in [1.29, 1.82) is 0 Å². The van der Waals surface area contributed by atoms with E-state index in [1.54, 1.807) is 17.0 Å². The summed E-state index contributed by atoms with van der Waals surface area (Å²) < 4.78 is 15.5. The van der Waals surface area contributed by atoms with Crippen molar-refractivity contribution in [3.63, 3.8) is 0 Å². The van der Waals surface area contributed by atoms with Gasteiger partial charge in [-0.1, -0.05) is 68.4 Å². The molecule has 0 aliphatic rings. The van der Waals surface area contributed by atoms with Gasteiger partial charge < -0.3 is 14.4 Å². The Labute approximate surface area is 230 Å². The van der Waals surface area contributed by atoms with E-state index in [0.717, 1.165) is 29.7 Å². The summed E-state index contributed by atoms with van der Waals surface area (Å²) in [6.45, 7) is 5.99. The summed E-state index contributed by atoms with van der Waals surface area (Å²) in [5.74, 6) is -0.508. The molecule has 4 rings (SSSR count). The largest absolute Gasteiger partial charge is 0.345 e. The summed E-state index contributed by atoms with van der Waals surface area (Å²) in [5, 5.41) is 0. The van der Waals surface area contributed by atoms with Crippen molar-refractivity contribution >= 4 is 11.8 Å². The molecule has 0 saturated heterocycles. The molecule has 0 saturated carbocycles. The molecule has 202 valence electrons. The van der Waals surface area contributed by atoms with Gasteiger partial charge in [0.15, 0.2) is 0 Å². The lowest BCUT2D eigenvalue weighted by molar-refractivity contribution is -0.133. The Morgan fingerprint density at radius 2 is 1.44 bits per heavy atom. The highest BCUT2D eigenvalue weighted by Crippen LogP contribution is 2.16. The average Bonchev–Trinajstić information content (AvgIpc) is 3.40. The number of carbonyl (C=O) groups excluding carboxylic acids is 2. The first-order valence-electron chi connectivity index (χ1n) is 13.5. The standard InChI is InChI=1S/C33H36FN3O2/c1-3-20-36(33(39)29-16-12-26(4-2)13-17-29)25-32(38)37(23-27-9-6-5-7-10-27)24-31-11-8-21-35(31)22-28-14-18-30(34)19-15-28/h5-19,21H,3-4,20,22-25H2,1-2H3. The molecule has 4 aromatic rings. The van der Waals surface area contributed by atoms with Crippen LogP contribution in [0.1, 0.15) is 53.0 Å². The maximum absolute atomic E-state index is 13.8. The summed E-state index contributed by atoms with van der Waals surface area (Å²) in [6, 6.07) is 27.9. The third-order valence-electron chi connectivity index (χ3n) is 6.83. The van der Waals surface area contributed by atoms with Gasteiger partial charge in [0.25, 0.3) is 5.91 Å². The van der Waals surface area contributed by atoms with Gasteiger partial charge in [0, 0.05) is 37.1 Å². The summed E-state index contributed by atoms with van der Waals surface area (Å²) in [6.07, 6.45) is 3.63. The van der Waals surface area contributed by atoms with Crippen LogP contribution in [0.3, 0.4) is 0 Å². The van der Waals surface area contributed by atoms with Gasteiger partial charge in [-0.3, -0.25) is 9.59 Å². The molecule has 0 spiro atoms. The molecule has 3 aromatic carbocycles. The highest BCUT2D eigenvalue weighted by atomic mass is 19.1. The van der Waals surface area contributed by atoms with Crippen LogP contribution < -0.4 is 0 Å². The molecule has 0 aliphatic carbocycles. The Balaban J connectivity index is 1.54. The molecule has 1 aromatic heterocycles. The van der Waals surface area contributed by atoms with Gasteiger partial charge in [-0.2, -0.15) is 0 Å². The fourth-order valence-electron chi connectivity index (χ4n) is 4.62. The van der Waals surface area contributed by atoms with Gasteiger partial charge in [-0.05, 0) is 65.9 Å². The van der Waals surface area contributed by atoms with E-state index in [1.807, 2.05) is 84.8 Å². The number of aryl methyl sites for hydroxylation is 1. The zero-order valence-electron chi connectivity index (χ0n) is 22.7. The SMILES string of the molecule is CCCN(CC(=O)N(Cc1ccccc1)Cc1cccn1Cc1ccc(F)cc1)C(=O)c1ccc(CC)cc1. The molecule has 39 heavy (non-hydrogen) atoms. The molecular weight excluding hydrogens is 489 g/mol. The third-order valence-corrected chi connectivity index (χ3v) is 6.83. The molecule has 0 atom stereocenters. The Hall–Kier alpha value is -4.19. The van der Waals surface area contributed by atoms with E-state index in [4.69, 9.17) is 0 Å². The molecule has 2 amide bonds. The third kappa shape index (κ3) is 7.66. The van der Waals surface area contributed by atoms with Crippen LogP contribution in [0.15, 0.2) is 97.2 Å². The number of amides is 2. The van der Waals surface area contributed by atoms with Crippen molar-refractivity contribution in [2.45, 2.75) is 46.3 Å². The Kier molecular flexibility index (Phi) is 9.68. The fourth-order valence-corrected chi connectivity index (χ4v) is 4.62. The van der Waals surface area contributed by atoms with E-state index < -0.39 is 0 Å². The first-order chi connectivity index (χ1) is 19.0. The first-order valence-corrected chi connectivity index (χ1v) is 13.5. The number of halogens is 1. The highest BCUT2D eigenvalue weighted by Gasteiger charge is 2.23. The normalized spacial score (nSPS) is 10.8. The summed E-state index contributed by atoms with van der Waals surface area (Å²) in [4.78, 5) is 30.6. The van der Waals surface area contributed by atoms with Crippen molar-refractivity contribution in [2.24, 2.45) is 0 Å². The van der Waals surface area contributed by atoms with Gasteiger partial charge in [0.2, 0.25) is 5.91 Å². The van der Waals surface area contributed by atoms with Gasteiger partial charge >= 0.3 is 0 Å². The van der Waals surface area contributed by atoms with Crippen LogP contribution in [0.5, 0.6) is 0 Å². The molecular formula is C33H36FN3O2. The van der Waals surface area contributed by atoms with Crippen LogP contribution in [0, 0.1) is 5.82 Å². The van der Waals surface area contributed by atoms with Crippen LogP contribution >= 0.6 is 0 Å². The molecule has 0 radical (unpaired) electrons. The maximum atomic E-state index is 13.8. The highest BCUT2D eigenvalue weighted by molar-refractivity contribution is 5.96. The number of carbonyl (C=O) groups is 2. The lowest BCUT2D eigenvalue weighted by Gasteiger charge is -2.28. The molecule has 0 bridgehead atoms. The Bertz CT molecular complexity index is 1350. The van der Waals surface area contributed by atoms with E-state index in [-0.39, 0.29) is 24.2 Å². The molecule has 0 fully saturated rings. The average molecular weight is 526 g/mol. The second-order valence-corrected chi connectivity index (χ2v) is 9.77. The van der Waals surface area contributed by atoms with Crippen LogP contribution in [0.4, 0.5) is 4.39 Å². The smallest absolute Gasteiger partial charge is 0.254 e. The topological polar surface area (TPSA) is 45.6 Å². The molecule has 0 N–H and O–H groups in total. The van der Waals surface area contributed by atoms with Crippen molar-refractivity contribution in [1.82, 2.24) is 14.4 Å².